The summed E-state index contributed by atoms with van der Waals surface area (Å²) in [7, 11) is 0. The Bertz CT molecular complexity index is 495. The van der Waals surface area contributed by atoms with Crippen LogP contribution in [0.4, 0.5) is 0 Å². The van der Waals surface area contributed by atoms with Crippen LogP contribution in [0.2, 0.25) is 0 Å². The first kappa shape index (κ1) is 14.3. The molecule has 0 radical (unpaired) electrons. The zero-order valence-corrected chi connectivity index (χ0v) is 11.5. The Balaban J connectivity index is 2.14. The zero-order chi connectivity index (χ0) is 14.6. The molecular weight excluding hydrogens is 256 g/mol. The van der Waals surface area contributed by atoms with E-state index in [1.165, 1.54) is 0 Å². The number of rotatable bonds is 4. The van der Waals surface area contributed by atoms with Crippen LogP contribution in [0, 0.1) is 5.41 Å². The van der Waals surface area contributed by atoms with Gasteiger partial charge in [0.1, 0.15) is 5.41 Å². The molecule has 6 heteroatoms. The first-order valence-electron chi connectivity index (χ1n) is 6.80. The second kappa shape index (κ2) is 5.90. The molecular formula is C14H20N4O2. The molecule has 0 aliphatic heterocycles. The van der Waals surface area contributed by atoms with Gasteiger partial charge in [-0.2, -0.15) is 0 Å². The largest absolute Gasteiger partial charge is 0.409 e. The van der Waals surface area contributed by atoms with Crippen LogP contribution in [0.1, 0.15) is 44.3 Å². The number of oxime groups is 1. The highest BCUT2D eigenvalue weighted by Gasteiger charge is 2.45. The maximum atomic E-state index is 12.5. The lowest BCUT2D eigenvalue weighted by Gasteiger charge is -2.27. The number of nitrogens with one attached hydrogen (secondary N) is 1. The maximum absolute atomic E-state index is 12.5. The van der Waals surface area contributed by atoms with Crippen molar-refractivity contribution in [3.63, 3.8) is 0 Å². The zero-order valence-electron chi connectivity index (χ0n) is 11.5. The first-order valence-corrected chi connectivity index (χ1v) is 6.80. The minimum absolute atomic E-state index is 0.000667. The third-order valence-corrected chi connectivity index (χ3v) is 3.97. The summed E-state index contributed by atoms with van der Waals surface area (Å²) in [5.41, 5.74) is 5.66. The number of nitrogens with zero attached hydrogens (tertiary/aromatic N) is 2. The summed E-state index contributed by atoms with van der Waals surface area (Å²) in [5.74, 6) is -0.191. The van der Waals surface area contributed by atoms with Crippen LogP contribution in [0.5, 0.6) is 0 Å². The van der Waals surface area contributed by atoms with Crippen LogP contribution in [0.25, 0.3) is 0 Å². The van der Waals surface area contributed by atoms with Crippen LogP contribution >= 0.6 is 0 Å². The molecule has 1 fully saturated rings. The van der Waals surface area contributed by atoms with E-state index in [2.05, 4.69) is 15.5 Å². The average molecular weight is 276 g/mol. The van der Waals surface area contributed by atoms with E-state index in [0.717, 1.165) is 18.5 Å². The van der Waals surface area contributed by atoms with Gasteiger partial charge in [0.05, 0.1) is 11.7 Å². The normalized spacial score (nSPS) is 19.6. The molecule has 0 bridgehead atoms. The van der Waals surface area contributed by atoms with E-state index in [9.17, 15) is 4.79 Å². The summed E-state index contributed by atoms with van der Waals surface area (Å²) in [4.78, 5) is 16.8. The summed E-state index contributed by atoms with van der Waals surface area (Å²) in [6.07, 6.45) is 4.73. The molecule has 1 heterocycles. The average Bonchev–Trinajstić information content (AvgIpc) is 2.98. The van der Waals surface area contributed by atoms with E-state index in [1.807, 2.05) is 25.1 Å². The molecule has 1 amide bonds. The third kappa shape index (κ3) is 2.59. The highest BCUT2D eigenvalue weighted by Crippen LogP contribution is 2.39. The standard InChI is InChI=1S/C14H20N4O2/c1-10(11-6-2-5-9-16-11)17-13(19)14(12(15)18-20)7-3-4-8-14/h2,5-6,9-10,20H,3-4,7-8H2,1H3,(H2,15,18)(H,17,19). The lowest BCUT2D eigenvalue weighted by molar-refractivity contribution is -0.128. The molecule has 1 unspecified atom stereocenters. The van der Waals surface area contributed by atoms with Gasteiger partial charge in [-0.15, -0.1) is 0 Å². The van der Waals surface area contributed by atoms with Gasteiger partial charge in [-0.3, -0.25) is 9.78 Å². The summed E-state index contributed by atoms with van der Waals surface area (Å²) in [6, 6.07) is 5.34. The number of amides is 1. The topological polar surface area (TPSA) is 101 Å². The first-order chi connectivity index (χ1) is 9.60. The number of pyridine rings is 1. The van der Waals surface area contributed by atoms with Crippen LogP contribution in [-0.2, 0) is 4.79 Å². The minimum Gasteiger partial charge on any atom is -0.409 e. The van der Waals surface area contributed by atoms with Crippen LogP contribution in [0.3, 0.4) is 0 Å². The lowest BCUT2D eigenvalue weighted by atomic mass is 9.83. The fourth-order valence-corrected chi connectivity index (χ4v) is 2.71. The maximum Gasteiger partial charge on any atom is 0.234 e. The summed E-state index contributed by atoms with van der Waals surface area (Å²) in [6.45, 7) is 1.87. The Kier molecular flexibility index (Phi) is 4.22. The Morgan fingerprint density at radius 3 is 2.75 bits per heavy atom. The van der Waals surface area contributed by atoms with E-state index >= 15 is 0 Å². The predicted molar refractivity (Wildman–Crippen MR) is 75.1 cm³/mol. The molecule has 1 saturated carbocycles. The van der Waals surface area contributed by atoms with Gasteiger partial charge in [-0.1, -0.05) is 24.1 Å². The van der Waals surface area contributed by atoms with Crippen LogP contribution in [0.15, 0.2) is 29.6 Å². The second-order valence-corrected chi connectivity index (χ2v) is 5.22. The summed E-state index contributed by atoms with van der Waals surface area (Å²) < 4.78 is 0. The molecule has 1 aromatic rings. The number of carbonyl (C=O) groups is 1. The number of hydrogen-bond donors (Lipinski definition) is 3. The molecule has 1 atom stereocenters. The van der Waals surface area contributed by atoms with Crippen LogP contribution in [-0.4, -0.2) is 21.9 Å². The molecule has 1 aliphatic rings. The fourth-order valence-electron chi connectivity index (χ4n) is 2.71. The molecule has 108 valence electrons. The number of carbonyl (C=O) groups excluding carboxylic acids is 1. The molecule has 0 spiro atoms. The Morgan fingerprint density at radius 2 is 2.20 bits per heavy atom. The molecule has 0 saturated heterocycles. The number of amidine groups is 1. The van der Waals surface area contributed by atoms with Gasteiger partial charge < -0.3 is 16.3 Å². The smallest absolute Gasteiger partial charge is 0.234 e. The van der Waals surface area contributed by atoms with Crippen molar-refractivity contribution in [2.24, 2.45) is 16.3 Å². The fraction of sp³-hybridized carbons (Fsp3) is 0.500. The van der Waals surface area contributed by atoms with Crippen molar-refractivity contribution in [1.29, 1.82) is 0 Å². The van der Waals surface area contributed by atoms with Gasteiger partial charge in [-0.05, 0) is 31.9 Å². The van der Waals surface area contributed by atoms with E-state index in [4.69, 9.17) is 10.9 Å². The van der Waals surface area contributed by atoms with Crippen molar-refractivity contribution in [1.82, 2.24) is 10.3 Å². The van der Waals surface area contributed by atoms with E-state index in [0.29, 0.717) is 12.8 Å². The van der Waals surface area contributed by atoms with Crippen molar-refractivity contribution in [3.05, 3.63) is 30.1 Å². The Labute approximate surface area is 118 Å². The minimum atomic E-state index is -0.877. The lowest BCUT2D eigenvalue weighted by Crippen LogP contribution is -2.48. The van der Waals surface area contributed by atoms with Gasteiger partial charge in [0.25, 0.3) is 0 Å². The summed E-state index contributed by atoms with van der Waals surface area (Å²) >= 11 is 0. The monoisotopic (exact) mass is 276 g/mol. The van der Waals surface area contributed by atoms with Gasteiger partial charge in [-0.25, -0.2) is 0 Å². The second-order valence-electron chi connectivity index (χ2n) is 5.22. The highest BCUT2D eigenvalue weighted by molar-refractivity contribution is 6.07. The quantitative estimate of drug-likeness (QED) is 0.336. The SMILES string of the molecule is CC(NC(=O)C1(C(N)=NO)CCCC1)c1ccccn1. The van der Waals surface area contributed by atoms with E-state index < -0.39 is 5.41 Å². The van der Waals surface area contributed by atoms with Gasteiger partial charge in [0.2, 0.25) is 5.91 Å². The number of hydrogen-bond acceptors (Lipinski definition) is 4. The van der Waals surface area contributed by atoms with E-state index in [-0.39, 0.29) is 17.8 Å². The molecule has 2 rings (SSSR count). The van der Waals surface area contributed by atoms with Crippen molar-refractivity contribution < 1.29 is 10.0 Å². The third-order valence-electron chi connectivity index (χ3n) is 3.97. The van der Waals surface area contributed by atoms with Gasteiger partial charge in [0.15, 0.2) is 5.84 Å². The Hall–Kier alpha value is -2.11. The number of nitrogens with two attached hydrogens (primary N) is 1. The number of aromatic nitrogens is 1. The van der Waals surface area contributed by atoms with E-state index in [1.54, 1.807) is 6.20 Å². The molecule has 4 N–H and O–H groups in total. The molecule has 6 nitrogen and oxygen atoms in total. The van der Waals surface area contributed by atoms with Crippen molar-refractivity contribution in [2.75, 3.05) is 0 Å². The van der Waals surface area contributed by atoms with Gasteiger partial charge in [0, 0.05) is 6.20 Å². The van der Waals surface area contributed by atoms with Crippen LogP contribution < -0.4 is 11.1 Å². The molecule has 1 aliphatic carbocycles. The highest BCUT2D eigenvalue weighted by atomic mass is 16.4. The Morgan fingerprint density at radius 1 is 1.50 bits per heavy atom. The predicted octanol–water partition coefficient (Wildman–Crippen LogP) is 1.57. The molecule has 1 aromatic heterocycles. The summed E-state index contributed by atoms with van der Waals surface area (Å²) in [5, 5.41) is 14.9. The molecule has 0 aromatic carbocycles. The van der Waals surface area contributed by atoms with Crippen molar-refractivity contribution in [3.8, 4) is 0 Å². The van der Waals surface area contributed by atoms with Gasteiger partial charge >= 0.3 is 0 Å². The van der Waals surface area contributed by atoms with Crippen molar-refractivity contribution >= 4 is 11.7 Å². The molecule has 20 heavy (non-hydrogen) atoms. The van der Waals surface area contributed by atoms with Crippen molar-refractivity contribution in [2.45, 2.75) is 38.6 Å².